The van der Waals surface area contributed by atoms with Gasteiger partial charge in [0.15, 0.2) is 5.37 Å². The first kappa shape index (κ1) is 9.21. The van der Waals surface area contributed by atoms with Crippen molar-refractivity contribution in [1.29, 1.82) is 0 Å². The van der Waals surface area contributed by atoms with Crippen LogP contribution in [0.4, 0.5) is 0 Å². The SMILES string of the molecule is C=C1CCC(S(=O)(=O)O)NC1=O. The van der Waals surface area contributed by atoms with Crippen molar-refractivity contribution < 1.29 is 17.8 Å². The highest BCUT2D eigenvalue weighted by molar-refractivity contribution is 7.86. The van der Waals surface area contributed by atoms with Crippen LogP contribution in [0.15, 0.2) is 12.2 Å². The quantitative estimate of drug-likeness (QED) is 0.439. The van der Waals surface area contributed by atoms with Crippen molar-refractivity contribution in [3.8, 4) is 0 Å². The number of carbonyl (C=O) groups is 1. The van der Waals surface area contributed by atoms with Crippen molar-refractivity contribution in [2.24, 2.45) is 0 Å². The second-order valence-corrected chi connectivity index (χ2v) is 4.22. The van der Waals surface area contributed by atoms with Crippen molar-refractivity contribution >= 4 is 16.0 Å². The van der Waals surface area contributed by atoms with Crippen LogP contribution < -0.4 is 5.32 Å². The van der Waals surface area contributed by atoms with E-state index in [0.29, 0.717) is 12.0 Å². The molecule has 1 atom stereocenters. The molecule has 1 fully saturated rings. The topological polar surface area (TPSA) is 83.5 Å². The summed E-state index contributed by atoms with van der Waals surface area (Å²) in [4.78, 5) is 10.9. The van der Waals surface area contributed by atoms with Crippen molar-refractivity contribution in [3.05, 3.63) is 12.2 Å². The highest BCUT2D eigenvalue weighted by Crippen LogP contribution is 2.15. The predicted molar refractivity (Wildman–Crippen MR) is 41.9 cm³/mol. The lowest BCUT2D eigenvalue weighted by atomic mass is 10.1. The molecule has 0 bridgehead atoms. The summed E-state index contributed by atoms with van der Waals surface area (Å²) in [7, 11) is -4.16. The maximum Gasteiger partial charge on any atom is 0.286 e. The van der Waals surface area contributed by atoms with Gasteiger partial charge in [0.2, 0.25) is 5.91 Å². The number of rotatable bonds is 1. The predicted octanol–water partition coefficient (Wildman–Crippen LogP) is -0.333. The highest BCUT2D eigenvalue weighted by atomic mass is 32.2. The van der Waals surface area contributed by atoms with E-state index in [-0.39, 0.29) is 6.42 Å². The van der Waals surface area contributed by atoms with Gasteiger partial charge in [-0.25, -0.2) is 0 Å². The van der Waals surface area contributed by atoms with Crippen LogP contribution in [0.2, 0.25) is 0 Å². The molecule has 68 valence electrons. The fourth-order valence-corrected chi connectivity index (χ4v) is 1.63. The van der Waals surface area contributed by atoms with E-state index >= 15 is 0 Å². The van der Waals surface area contributed by atoms with Crippen LogP contribution in [0.5, 0.6) is 0 Å². The summed E-state index contributed by atoms with van der Waals surface area (Å²) in [6, 6.07) is 0. The van der Waals surface area contributed by atoms with Gasteiger partial charge in [-0.05, 0) is 12.8 Å². The number of hydrogen-bond donors (Lipinski definition) is 2. The summed E-state index contributed by atoms with van der Waals surface area (Å²) >= 11 is 0. The molecule has 0 aromatic carbocycles. The Morgan fingerprint density at radius 1 is 1.58 bits per heavy atom. The van der Waals surface area contributed by atoms with Gasteiger partial charge in [0.05, 0.1) is 0 Å². The van der Waals surface area contributed by atoms with Crippen molar-refractivity contribution in [1.82, 2.24) is 5.32 Å². The normalized spacial score (nSPS) is 25.2. The molecule has 0 spiro atoms. The zero-order chi connectivity index (χ0) is 9.35. The molecule has 1 saturated heterocycles. The molecule has 0 aliphatic carbocycles. The average Bonchev–Trinajstić information content (AvgIpc) is 1.92. The molecule has 1 aliphatic heterocycles. The molecule has 5 nitrogen and oxygen atoms in total. The third-order valence-corrected chi connectivity index (χ3v) is 2.75. The van der Waals surface area contributed by atoms with E-state index in [0.717, 1.165) is 0 Å². The van der Waals surface area contributed by atoms with Gasteiger partial charge in [-0.3, -0.25) is 9.35 Å². The molecule has 0 saturated carbocycles. The lowest BCUT2D eigenvalue weighted by molar-refractivity contribution is -0.118. The molecule has 1 aliphatic rings. The van der Waals surface area contributed by atoms with E-state index in [1.165, 1.54) is 0 Å². The fraction of sp³-hybridized carbons (Fsp3) is 0.500. The standard InChI is InChI=1S/C6H9NO4S/c1-4-2-3-5(7-6(4)8)12(9,10)11/h5H,1-3H2,(H,7,8)(H,9,10,11). The van der Waals surface area contributed by atoms with Crippen LogP contribution in [-0.4, -0.2) is 24.3 Å². The number of carbonyl (C=O) groups excluding carboxylic acids is 1. The molecule has 12 heavy (non-hydrogen) atoms. The Hall–Kier alpha value is -0.880. The Morgan fingerprint density at radius 3 is 2.58 bits per heavy atom. The van der Waals surface area contributed by atoms with Crippen molar-refractivity contribution in [3.63, 3.8) is 0 Å². The van der Waals surface area contributed by atoms with Crippen molar-refractivity contribution in [2.75, 3.05) is 0 Å². The van der Waals surface area contributed by atoms with Gasteiger partial charge in [0, 0.05) is 5.57 Å². The van der Waals surface area contributed by atoms with Gasteiger partial charge in [0.25, 0.3) is 10.1 Å². The Morgan fingerprint density at radius 2 is 2.17 bits per heavy atom. The first-order valence-electron chi connectivity index (χ1n) is 3.36. The smallest absolute Gasteiger partial charge is 0.286 e. The average molecular weight is 191 g/mol. The number of piperidine rings is 1. The largest absolute Gasteiger partial charge is 0.334 e. The zero-order valence-corrected chi connectivity index (χ0v) is 7.10. The Kier molecular flexibility index (Phi) is 2.20. The first-order chi connectivity index (χ1) is 5.41. The molecule has 1 amide bonds. The van der Waals surface area contributed by atoms with Crippen LogP contribution in [0.1, 0.15) is 12.8 Å². The molecule has 6 heteroatoms. The van der Waals surface area contributed by atoms with E-state index < -0.39 is 21.4 Å². The number of amides is 1. The van der Waals surface area contributed by atoms with E-state index in [4.69, 9.17) is 4.55 Å². The van der Waals surface area contributed by atoms with Crippen LogP contribution in [-0.2, 0) is 14.9 Å². The highest BCUT2D eigenvalue weighted by Gasteiger charge is 2.29. The van der Waals surface area contributed by atoms with Gasteiger partial charge in [-0.1, -0.05) is 6.58 Å². The summed E-state index contributed by atoms with van der Waals surface area (Å²) in [6.45, 7) is 3.42. The fourth-order valence-electron chi connectivity index (χ4n) is 0.963. The van der Waals surface area contributed by atoms with Gasteiger partial charge < -0.3 is 5.32 Å². The Labute approximate surface area is 70.2 Å². The lowest BCUT2D eigenvalue weighted by Gasteiger charge is -2.21. The first-order valence-corrected chi connectivity index (χ1v) is 4.86. The van der Waals surface area contributed by atoms with E-state index in [9.17, 15) is 13.2 Å². The molecule has 2 N–H and O–H groups in total. The second-order valence-electron chi connectivity index (χ2n) is 2.62. The van der Waals surface area contributed by atoms with Gasteiger partial charge in [-0.15, -0.1) is 0 Å². The van der Waals surface area contributed by atoms with Gasteiger partial charge >= 0.3 is 0 Å². The second kappa shape index (κ2) is 2.87. The van der Waals surface area contributed by atoms with Crippen LogP contribution >= 0.6 is 0 Å². The number of nitrogens with one attached hydrogen (secondary N) is 1. The van der Waals surface area contributed by atoms with Crippen LogP contribution in [0.3, 0.4) is 0 Å². The molecule has 1 rings (SSSR count). The van der Waals surface area contributed by atoms with E-state index in [2.05, 4.69) is 11.9 Å². The molecule has 1 unspecified atom stereocenters. The molecule has 1 heterocycles. The van der Waals surface area contributed by atoms with Crippen LogP contribution in [0, 0.1) is 0 Å². The summed E-state index contributed by atoms with van der Waals surface area (Å²) < 4.78 is 29.7. The number of hydrogen-bond acceptors (Lipinski definition) is 3. The van der Waals surface area contributed by atoms with Crippen LogP contribution in [0.25, 0.3) is 0 Å². The monoisotopic (exact) mass is 191 g/mol. The minimum atomic E-state index is -4.16. The lowest BCUT2D eigenvalue weighted by Crippen LogP contribution is -2.44. The third-order valence-electron chi connectivity index (χ3n) is 1.68. The molecule has 0 radical (unpaired) electrons. The third kappa shape index (κ3) is 1.83. The minimum Gasteiger partial charge on any atom is -0.334 e. The summed E-state index contributed by atoms with van der Waals surface area (Å²) in [6.07, 6.45) is 0.486. The Bertz CT molecular complexity index is 318. The minimum absolute atomic E-state index is 0.184. The molecular weight excluding hydrogens is 182 g/mol. The molecule has 0 aromatic heterocycles. The van der Waals surface area contributed by atoms with Gasteiger partial charge in [0.1, 0.15) is 0 Å². The summed E-state index contributed by atoms with van der Waals surface area (Å²) in [5.41, 5.74) is 0.343. The summed E-state index contributed by atoms with van der Waals surface area (Å²) in [5.74, 6) is -0.510. The van der Waals surface area contributed by atoms with Crippen molar-refractivity contribution in [2.45, 2.75) is 18.2 Å². The molecular formula is C6H9NO4S. The van der Waals surface area contributed by atoms with E-state index in [1.54, 1.807) is 0 Å². The zero-order valence-electron chi connectivity index (χ0n) is 6.28. The van der Waals surface area contributed by atoms with E-state index in [1.807, 2.05) is 0 Å². The maximum absolute atomic E-state index is 10.9. The Balaban J connectivity index is 2.77. The summed E-state index contributed by atoms with van der Waals surface area (Å²) in [5, 5.41) is 0.959. The maximum atomic E-state index is 10.9. The molecule has 0 aromatic rings. The van der Waals surface area contributed by atoms with Gasteiger partial charge in [-0.2, -0.15) is 8.42 Å².